The lowest BCUT2D eigenvalue weighted by Crippen LogP contribution is -2.31. The molecule has 0 amide bonds. The first-order valence-electron chi connectivity index (χ1n) is 5.03. The summed E-state index contributed by atoms with van der Waals surface area (Å²) < 4.78 is 0. The molecule has 0 aliphatic carbocycles. The first-order valence-corrected chi connectivity index (χ1v) is 5.40. The zero-order valence-electron chi connectivity index (χ0n) is 8.33. The van der Waals surface area contributed by atoms with E-state index in [9.17, 15) is 0 Å². The zero-order chi connectivity index (χ0) is 9.97. The SMILES string of the molecule is CCCN1CCc2nnc(Cl)cc2C1. The number of halogens is 1. The minimum Gasteiger partial charge on any atom is -0.299 e. The monoisotopic (exact) mass is 211 g/mol. The Labute approximate surface area is 89.1 Å². The van der Waals surface area contributed by atoms with Gasteiger partial charge in [-0.15, -0.1) is 5.10 Å². The van der Waals surface area contributed by atoms with Crippen LogP contribution in [-0.4, -0.2) is 28.2 Å². The Morgan fingerprint density at radius 1 is 1.50 bits per heavy atom. The maximum Gasteiger partial charge on any atom is 0.152 e. The molecule has 14 heavy (non-hydrogen) atoms. The van der Waals surface area contributed by atoms with Gasteiger partial charge in [0.25, 0.3) is 0 Å². The number of hydrogen-bond acceptors (Lipinski definition) is 3. The average molecular weight is 212 g/mol. The topological polar surface area (TPSA) is 29.0 Å². The molecule has 1 aromatic heterocycles. The lowest BCUT2D eigenvalue weighted by Gasteiger charge is -2.27. The summed E-state index contributed by atoms with van der Waals surface area (Å²) in [5.74, 6) is 0. The zero-order valence-corrected chi connectivity index (χ0v) is 9.09. The Hall–Kier alpha value is -0.670. The van der Waals surface area contributed by atoms with E-state index in [4.69, 9.17) is 11.6 Å². The van der Waals surface area contributed by atoms with Crippen molar-refractivity contribution in [3.63, 3.8) is 0 Å². The number of aromatic nitrogens is 2. The molecule has 0 unspecified atom stereocenters. The molecule has 0 radical (unpaired) electrons. The fourth-order valence-electron chi connectivity index (χ4n) is 1.87. The summed E-state index contributed by atoms with van der Waals surface area (Å²) in [5.41, 5.74) is 2.35. The molecule has 76 valence electrons. The highest BCUT2D eigenvalue weighted by atomic mass is 35.5. The Morgan fingerprint density at radius 3 is 3.14 bits per heavy atom. The molecule has 0 N–H and O–H groups in total. The van der Waals surface area contributed by atoms with Crippen LogP contribution in [0.25, 0.3) is 0 Å². The Bertz CT molecular complexity index is 327. The van der Waals surface area contributed by atoms with Crippen LogP contribution in [0.5, 0.6) is 0 Å². The van der Waals surface area contributed by atoms with Gasteiger partial charge in [0.15, 0.2) is 5.15 Å². The highest BCUT2D eigenvalue weighted by molar-refractivity contribution is 6.29. The van der Waals surface area contributed by atoms with Gasteiger partial charge in [0.1, 0.15) is 0 Å². The van der Waals surface area contributed by atoms with Gasteiger partial charge in [0.05, 0.1) is 5.69 Å². The van der Waals surface area contributed by atoms with Crippen molar-refractivity contribution in [2.24, 2.45) is 0 Å². The lowest BCUT2D eigenvalue weighted by atomic mass is 10.1. The minimum absolute atomic E-state index is 0.502. The number of nitrogens with zero attached hydrogens (tertiary/aromatic N) is 3. The maximum absolute atomic E-state index is 5.81. The van der Waals surface area contributed by atoms with Gasteiger partial charge in [-0.1, -0.05) is 18.5 Å². The summed E-state index contributed by atoms with van der Waals surface area (Å²) in [6.45, 7) is 5.42. The minimum atomic E-state index is 0.502. The highest BCUT2D eigenvalue weighted by Crippen LogP contribution is 2.18. The van der Waals surface area contributed by atoms with Crippen LogP contribution in [0.3, 0.4) is 0 Å². The first-order chi connectivity index (χ1) is 6.79. The molecule has 0 aromatic carbocycles. The Kier molecular flexibility index (Phi) is 2.99. The third kappa shape index (κ3) is 2.04. The van der Waals surface area contributed by atoms with Gasteiger partial charge in [-0.25, -0.2) is 0 Å². The van der Waals surface area contributed by atoms with E-state index in [1.54, 1.807) is 0 Å². The van der Waals surface area contributed by atoms with E-state index in [0.717, 1.165) is 31.7 Å². The van der Waals surface area contributed by atoms with Crippen molar-refractivity contribution in [2.45, 2.75) is 26.3 Å². The number of rotatable bonds is 2. The maximum atomic E-state index is 5.81. The molecule has 1 aliphatic rings. The van der Waals surface area contributed by atoms with E-state index in [2.05, 4.69) is 22.0 Å². The standard InChI is InChI=1S/C10H14ClN3/c1-2-4-14-5-3-9-8(7-14)6-10(11)13-12-9/h6H,2-5,7H2,1H3. The van der Waals surface area contributed by atoms with E-state index >= 15 is 0 Å². The fraction of sp³-hybridized carbons (Fsp3) is 0.600. The van der Waals surface area contributed by atoms with Crippen LogP contribution >= 0.6 is 11.6 Å². The molecule has 2 heterocycles. The van der Waals surface area contributed by atoms with Crippen molar-refractivity contribution in [2.75, 3.05) is 13.1 Å². The largest absolute Gasteiger partial charge is 0.299 e. The first kappa shape index (κ1) is 9.87. The average Bonchev–Trinajstić information content (AvgIpc) is 2.17. The summed E-state index contributed by atoms with van der Waals surface area (Å²) in [7, 11) is 0. The van der Waals surface area contributed by atoms with Crippen LogP contribution in [0.1, 0.15) is 24.6 Å². The molecule has 0 bridgehead atoms. The quantitative estimate of drug-likeness (QED) is 0.748. The van der Waals surface area contributed by atoms with Crippen molar-refractivity contribution >= 4 is 11.6 Å². The van der Waals surface area contributed by atoms with E-state index < -0.39 is 0 Å². The van der Waals surface area contributed by atoms with Gasteiger partial charge in [0.2, 0.25) is 0 Å². The molecule has 3 nitrogen and oxygen atoms in total. The van der Waals surface area contributed by atoms with Gasteiger partial charge in [-0.2, -0.15) is 5.10 Å². The second-order valence-electron chi connectivity index (χ2n) is 3.67. The molecular formula is C10H14ClN3. The van der Waals surface area contributed by atoms with Crippen molar-refractivity contribution < 1.29 is 0 Å². The molecule has 0 saturated carbocycles. The highest BCUT2D eigenvalue weighted by Gasteiger charge is 2.17. The summed E-state index contributed by atoms with van der Waals surface area (Å²) in [5, 5.41) is 8.47. The van der Waals surface area contributed by atoms with Crippen molar-refractivity contribution in [1.29, 1.82) is 0 Å². The smallest absolute Gasteiger partial charge is 0.152 e. The molecule has 1 aromatic rings. The molecule has 2 rings (SSSR count). The summed E-state index contributed by atoms with van der Waals surface area (Å²) in [6.07, 6.45) is 2.20. The predicted octanol–water partition coefficient (Wildman–Crippen LogP) is 1.90. The molecule has 0 atom stereocenters. The second-order valence-corrected chi connectivity index (χ2v) is 4.05. The predicted molar refractivity (Wildman–Crippen MR) is 56.3 cm³/mol. The van der Waals surface area contributed by atoms with Crippen LogP contribution in [0.15, 0.2) is 6.07 Å². The van der Waals surface area contributed by atoms with Gasteiger partial charge < -0.3 is 0 Å². The van der Waals surface area contributed by atoms with E-state index in [0.29, 0.717) is 5.15 Å². The Balaban J connectivity index is 2.16. The van der Waals surface area contributed by atoms with E-state index in [1.807, 2.05) is 6.07 Å². The lowest BCUT2D eigenvalue weighted by molar-refractivity contribution is 0.252. The number of fused-ring (bicyclic) bond motifs is 1. The van der Waals surface area contributed by atoms with Crippen LogP contribution in [-0.2, 0) is 13.0 Å². The third-order valence-electron chi connectivity index (χ3n) is 2.53. The van der Waals surface area contributed by atoms with Gasteiger partial charge in [0, 0.05) is 19.5 Å². The Morgan fingerprint density at radius 2 is 2.36 bits per heavy atom. The molecule has 0 saturated heterocycles. The van der Waals surface area contributed by atoms with Crippen molar-refractivity contribution in [3.05, 3.63) is 22.5 Å². The van der Waals surface area contributed by atoms with Gasteiger partial charge >= 0.3 is 0 Å². The molecular weight excluding hydrogens is 198 g/mol. The molecule has 1 aliphatic heterocycles. The normalized spacial score (nSPS) is 16.7. The van der Waals surface area contributed by atoms with Gasteiger partial charge in [-0.3, -0.25) is 4.90 Å². The van der Waals surface area contributed by atoms with Crippen LogP contribution in [0.4, 0.5) is 0 Å². The molecule has 4 heteroatoms. The summed E-state index contributed by atoms with van der Waals surface area (Å²) in [4.78, 5) is 2.43. The number of hydrogen-bond donors (Lipinski definition) is 0. The van der Waals surface area contributed by atoms with Gasteiger partial charge in [-0.05, 0) is 24.6 Å². The second kappa shape index (κ2) is 4.24. The van der Waals surface area contributed by atoms with Crippen molar-refractivity contribution in [1.82, 2.24) is 15.1 Å². The summed E-state index contributed by atoms with van der Waals surface area (Å²) in [6, 6.07) is 1.94. The van der Waals surface area contributed by atoms with E-state index in [-0.39, 0.29) is 0 Å². The molecule has 0 fully saturated rings. The third-order valence-corrected chi connectivity index (χ3v) is 2.71. The van der Waals surface area contributed by atoms with Crippen LogP contribution < -0.4 is 0 Å². The fourth-order valence-corrected chi connectivity index (χ4v) is 2.04. The van der Waals surface area contributed by atoms with Crippen LogP contribution in [0.2, 0.25) is 5.15 Å². The van der Waals surface area contributed by atoms with E-state index in [1.165, 1.54) is 12.0 Å². The van der Waals surface area contributed by atoms with Crippen molar-refractivity contribution in [3.8, 4) is 0 Å². The van der Waals surface area contributed by atoms with Crippen LogP contribution in [0, 0.1) is 0 Å². The molecule has 0 spiro atoms. The summed E-state index contributed by atoms with van der Waals surface area (Å²) >= 11 is 5.81.